The highest BCUT2D eigenvalue weighted by Gasteiger charge is 2.16. The van der Waals surface area contributed by atoms with Gasteiger partial charge < -0.3 is 5.32 Å². The van der Waals surface area contributed by atoms with E-state index in [1.165, 1.54) is 17.1 Å². The van der Waals surface area contributed by atoms with E-state index < -0.39 is 4.92 Å². The summed E-state index contributed by atoms with van der Waals surface area (Å²) in [5.74, 6) is 0.700. The van der Waals surface area contributed by atoms with Crippen LogP contribution in [0.1, 0.15) is 0 Å². The van der Waals surface area contributed by atoms with Gasteiger partial charge in [-0.15, -0.1) is 5.10 Å². The van der Waals surface area contributed by atoms with Crippen LogP contribution in [-0.2, 0) is 0 Å². The summed E-state index contributed by atoms with van der Waals surface area (Å²) >= 11 is 0. The topological polar surface area (TPSA) is 112 Å². The van der Waals surface area contributed by atoms with Crippen molar-refractivity contribution >= 4 is 28.1 Å². The minimum atomic E-state index is -0.437. The van der Waals surface area contributed by atoms with Crippen molar-refractivity contribution in [1.82, 2.24) is 25.0 Å². The van der Waals surface area contributed by atoms with E-state index in [1.54, 1.807) is 24.4 Å². The second-order valence-electron chi connectivity index (χ2n) is 6.74. The van der Waals surface area contributed by atoms with Crippen molar-refractivity contribution in [2.75, 3.05) is 5.32 Å². The van der Waals surface area contributed by atoms with Gasteiger partial charge in [0.1, 0.15) is 23.5 Å². The fourth-order valence-electron chi connectivity index (χ4n) is 3.32. The highest BCUT2D eigenvalue weighted by atomic mass is 16.6. The number of anilines is 2. The molecule has 0 aliphatic carbocycles. The number of hydrogen-bond acceptors (Lipinski definition) is 7. The highest BCUT2D eigenvalue weighted by molar-refractivity contribution is 5.90. The van der Waals surface area contributed by atoms with Crippen molar-refractivity contribution in [3.05, 3.63) is 95.4 Å². The Balaban J connectivity index is 1.47. The zero-order chi connectivity index (χ0) is 21.2. The van der Waals surface area contributed by atoms with E-state index >= 15 is 0 Å². The normalized spacial score (nSPS) is 10.8. The molecule has 150 valence electrons. The monoisotopic (exact) mass is 409 g/mol. The molecule has 0 bridgehead atoms. The van der Waals surface area contributed by atoms with Gasteiger partial charge in [0.05, 0.1) is 16.6 Å². The van der Waals surface area contributed by atoms with Crippen molar-refractivity contribution in [3.8, 4) is 16.9 Å². The van der Waals surface area contributed by atoms with E-state index in [2.05, 4.69) is 25.6 Å². The maximum atomic E-state index is 11.3. The van der Waals surface area contributed by atoms with Gasteiger partial charge in [0.15, 0.2) is 0 Å². The highest BCUT2D eigenvalue weighted by Crippen LogP contribution is 2.27. The van der Waals surface area contributed by atoms with E-state index in [0.717, 1.165) is 22.2 Å². The Morgan fingerprint density at radius 2 is 1.77 bits per heavy atom. The minimum Gasteiger partial charge on any atom is -0.340 e. The molecule has 0 unspecified atom stereocenters. The first-order valence-electron chi connectivity index (χ1n) is 9.42. The van der Waals surface area contributed by atoms with Crippen molar-refractivity contribution in [2.45, 2.75) is 0 Å². The quantitative estimate of drug-likeness (QED) is 0.335. The zero-order valence-corrected chi connectivity index (χ0v) is 16.1. The summed E-state index contributed by atoms with van der Waals surface area (Å²) in [7, 11) is 0. The zero-order valence-electron chi connectivity index (χ0n) is 16.1. The summed E-state index contributed by atoms with van der Waals surface area (Å²) in [6.07, 6.45) is 3.19. The Morgan fingerprint density at radius 3 is 2.68 bits per heavy atom. The molecule has 0 saturated heterocycles. The third-order valence-corrected chi connectivity index (χ3v) is 4.78. The van der Waals surface area contributed by atoms with Crippen LogP contribution in [0.3, 0.4) is 0 Å². The van der Waals surface area contributed by atoms with Gasteiger partial charge in [-0.05, 0) is 30.3 Å². The number of nitrogens with zero attached hydrogens (tertiary/aromatic N) is 6. The van der Waals surface area contributed by atoms with Gasteiger partial charge in [-0.2, -0.15) is 0 Å². The van der Waals surface area contributed by atoms with Gasteiger partial charge in [-0.25, -0.2) is 14.6 Å². The van der Waals surface area contributed by atoms with Crippen LogP contribution in [0.5, 0.6) is 0 Å². The first-order chi connectivity index (χ1) is 15.2. The number of nitro benzene ring substituents is 1. The molecule has 0 aliphatic rings. The number of nitrogens with one attached hydrogen (secondary N) is 1. The molecule has 0 amide bonds. The Bertz CT molecular complexity index is 1410. The van der Waals surface area contributed by atoms with Crippen LogP contribution >= 0.6 is 0 Å². The molecule has 0 radical (unpaired) electrons. The molecule has 5 rings (SSSR count). The molecule has 5 aromatic rings. The van der Waals surface area contributed by atoms with Gasteiger partial charge in [0.2, 0.25) is 0 Å². The molecule has 9 nitrogen and oxygen atoms in total. The van der Waals surface area contributed by atoms with E-state index in [4.69, 9.17) is 0 Å². The molecule has 2 heterocycles. The van der Waals surface area contributed by atoms with Crippen molar-refractivity contribution in [1.29, 1.82) is 0 Å². The third kappa shape index (κ3) is 3.55. The van der Waals surface area contributed by atoms with Gasteiger partial charge in [-0.3, -0.25) is 10.1 Å². The molecule has 9 heteroatoms. The van der Waals surface area contributed by atoms with Crippen LogP contribution in [0, 0.1) is 10.1 Å². The Labute approximate surface area is 176 Å². The Hall–Kier alpha value is -4.66. The number of aromatic nitrogens is 5. The van der Waals surface area contributed by atoms with E-state index in [1.807, 2.05) is 48.5 Å². The SMILES string of the molecule is O=[N+]([O-])c1ccccc1-n1cc(-c2cccc(Nc3ncnc4ccccc34)c2)nn1. The lowest BCUT2D eigenvalue weighted by Gasteiger charge is -2.09. The lowest BCUT2D eigenvalue weighted by molar-refractivity contribution is -0.384. The Kier molecular flexibility index (Phi) is 4.53. The fourth-order valence-corrected chi connectivity index (χ4v) is 3.32. The fraction of sp³-hybridized carbons (Fsp3) is 0. The molecule has 1 N–H and O–H groups in total. The lowest BCUT2D eigenvalue weighted by Crippen LogP contribution is -2.00. The number of hydrogen-bond donors (Lipinski definition) is 1. The molecular weight excluding hydrogens is 394 g/mol. The molecule has 0 fully saturated rings. The van der Waals surface area contributed by atoms with Crippen LogP contribution < -0.4 is 5.32 Å². The summed E-state index contributed by atoms with van der Waals surface area (Å²) in [5, 5.41) is 23.8. The molecule has 2 aromatic heterocycles. The summed E-state index contributed by atoms with van der Waals surface area (Å²) in [6.45, 7) is 0. The summed E-state index contributed by atoms with van der Waals surface area (Å²) in [4.78, 5) is 19.5. The second kappa shape index (κ2) is 7.64. The smallest absolute Gasteiger partial charge is 0.294 e. The summed E-state index contributed by atoms with van der Waals surface area (Å²) in [5.41, 5.74) is 3.39. The van der Waals surface area contributed by atoms with Crippen molar-refractivity contribution < 1.29 is 4.92 Å². The minimum absolute atomic E-state index is 0.0370. The molecule has 31 heavy (non-hydrogen) atoms. The predicted octanol–water partition coefficient (Wildman–Crippen LogP) is 4.53. The van der Waals surface area contributed by atoms with Crippen LogP contribution in [0.25, 0.3) is 27.8 Å². The van der Waals surface area contributed by atoms with Crippen LogP contribution in [-0.4, -0.2) is 29.9 Å². The molecule has 0 saturated carbocycles. The average molecular weight is 409 g/mol. The number of rotatable bonds is 5. The van der Waals surface area contributed by atoms with E-state index in [-0.39, 0.29) is 5.69 Å². The lowest BCUT2D eigenvalue weighted by atomic mass is 10.1. The third-order valence-electron chi connectivity index (χ3n) is 4.78. The Morgan fingerprint density at radius 1 is 0.935 bits per heavy atom. The van der Waals surface area contributed by atoms with E-state index in [0.29, 0.717) is 17.2 Å². The van der Waals surface area contributed by atoms with Crippen LogP contribution in [0.15, 0.2) is 85.3 Å². The maximum absolute atomic E-state index is 11.3. The summed E-state index contributed by atoms with van der Waals surface area (Å²) in [6, 6.07) is 21.8. The number of fused-ring (bicyclic) bond motifs is 1. The average Bonchev–Trinajstić information content (AvgIpc) is 3.30. The van der Waals surface area contributed by atoms with Gasteiger partial charge in [-0.1, -0.05) is 41.6 Å². The van der Waals surface area contributed by atoms with Crippen molar-refractivity contribution in [2.24, 2.45) is 0 Å². The number of para-hydroxylation sites is 3. The summed E-state index contributed by atoms with van der Waals surface area (Å²) < 4.78 is 1.41. The molecule has 0 aliphatic heterocycles. The number of benzene rings is 3. The predicted molar refractivity (Wildman–Crippen MR) is 116 cm³/mol. The van der Waals surface area contributed by atoms with Crippen LogP contribution in [0.2, 0.25) is 0 Å². The molecule has 0 atom stereocenters. The molecule has 0 spiro atoms. The largest absolute Gasteiger partial charge is 0.340 e. The number of nitro groups is 1. The first kappa shape index (κ1) is 18.4. The second-order valence-corrected chi connectivity index (χ2v) is 6.74. The standard InChI is InChI=1S/C22H15N7O2/c30-29(31)21-11-4-3-10-20(21)28-13-19(26-27-28)15-6-5-7-16(12-15)25-22-17-8-1-2-9-18(17)23-14-24-22/h1-14H,(H,23,24,25). The first-order valence-corrected chi connectivity index (χ1v) is 9.42. The van der Waals surface area contributed by atoms with Crippen LogP contribution in [0.4, 0.5) is 17.2 Å². The maximum Gasteiger partial charge on any atom is 0.294 e. The molecule has 3 aromatic carbocycles. The van der Waals surface area contributed by atoms with Gasteiger partial charge in [0, 0.05) is 22.7 Å². The van der Waals surface area contributed by atoms with Gasteiger partial charge >= 0.3 is 0 Å². The van der Waals surface area contributed by atoms with E-state index in [9.17, 15) is 10.1 Å². The molecular formula is C22H15N7O2. The van der Waals surface area contributed by atoms with Crippen molar-refractivity contribution in [3.63, 3.8) is 0 Å². The van der Waals surface area contributed by atoms with Gasteiger partial charge in [0.25, 0.3) is 5.69 Å².